The number of benzene rings is 1. The molecule has 0 aromatic heterocycles. The van der Waals surface area contributed by atoms with Gasteiger partial charge in [0.25, 0.3) is 10.1 Å². The number of hydrogen-bond acceptors (Lipinski definition) is 4. The third-order valence-electron chi connectivity index (χ3n) is 3.82. The predicted octanol–water partition coefficient (Wildman–Crippen LogP) is 0.586. The van der Waals surface area contributed by atoms with Crippen molar-refractivity contribution in [3.63, 3.8) is 0 Å². The van der Waals surface area contributed by atoms with Gasteiger partial charge >= 0.3 is 63.3 Å². The summed E-state index contributed by atoms with van der Waals surface area (Å²) >= 11 is 0. The molecule has 0 bridgehead atoms. The number of rotatable bonds is 12. The van der Waals surface area contributed by atoms with E-state index in [0.717, 1.165) is 0 Å². The quantitative estimate of drug-likeness (QED) is 0.188. The maximum Gasteiger partial charge on any atom is 1.00 e. The van der Waals surface area contributed by atoms with E-state index < -0.39 is 33.7 Å². The third-order valence-corrected chi connectivity index (χ3v) is 4.91. The van der Waals surface area contributed by atoms with Gasteiger partial charge in [-0.2, -0.15) is 44.3 Å². The molecule has 0 radical (unpaired) electrons. The summed E-state index contributed by atoms with van der Waals surface area (Å²) in [5.41, 5.74) is 1.37. The normalized spacial score (nSPS) is 11.5. The van der Waals surface area contributed by atoms with Crippen molar-refractivity contribution in [3.8, 4) is 0 Å². The van der Waals surface area contributed by atoms with Gasteiger partial charge in [-0.25, -0.2) is 0 Å². The summed E-state index contributed by atoms with van der Waals surface area (Å²) in [5, 5.41) is 13.9. The fourth-order valence-corrected chi connectivity index (χ4v) is 2.95. The van der Waals surface area contributed by atoms with Crippen molar-refractivity contribution in [2.75, 3.05) is 0 Å². The third kappa shape index (κ3) is 16.6. The van der Waals surface area contributed by atoms with E-state index in [0.29, 0.717) is 0 Å². The summed E-state index contributed by atoms with van der Waals surface area (Å²) in [6, 6.07) is 11.6. The molecule has 7 nitrogen and oxygen atoms in total. The van der Waals surface area contributed by atoms with Crippen molar-refractivity contribution in [2.45, 2.75) is 70.0 Å². The Morgan fingerprint density at radius 1 is 1.04 bits per heavy atom. The van der Waals surface area contributed by atoms with Crippen LogP contribution in [-0.4, -0.2) is 40.4 Å². The number of hydrogen-bond donors (Lipinski definition) is 3. The Morgan fingerprint density at radius 3 is 2.00 bits per heavy atom. The first kappa shape index (κ1) is 29.9. The molecule has 0 saturated carbocycles. The van der Waals surface area contributed by atoms with Gasteiger partial charge in [0.2, 0.25) is 0 Å². The fraction of sp³-hybridized carbons (Fsp3) is 0.579. The Balaban J connectivity index is 0. The molecule has 1 atom stereocenters. The van der Waals surface area contributed by atoms with E-state index >= 15 is 0 Å². The van der Waals surface area contributed by atoms with Gasteiger partial charge < -0.3 is 10.2 Å². The Labute approximate surface area is 210 Å². The monoisotopic (exact) mass is 440 g/mol. The van der Waals surface area contributed by atoms with Gasteiger partial charge in [-0.05, 0) is 0 Å². The number of unbranched alkanes of at least 4 members (excludes halogenated alkanes) is 6. The van der Waals surface area contributed by atoms with Crippen LogP contribution in [0.1, 0.15) is 63.9 Å². The molecule has 3 N–H and O–H groups in total. The minimum absolute atomic E-state index is 0. The molecular formula is C19H29KO7S. The molecule has 9 heteroatoms. The number of aryl methyl sites for hydroxylation is 1. The first-order chi connectivity index (χ1) is 12.7. The molecule has 0 saturated heterocycles. The number of carbonyl (C=O) groups is 2. The Hall–Kier alpha value is -0.294. The van der Waals surface area contributed by atoms with Crippen LogP contribution in [0.2, 0.25) is 0 Å². The van der Waals surface area contributed by atoms with E-state index in [4.69, 9.17) is 14.8 Å². The van der Waals surface area contributed by atoms with Gasteiger partial charge in [0.15, 0.2) is 5.25 Å². The second-order valence-electron chi connectivity index (χ2n) is 6.20. The molecule has 1 rings (SSSR count). The standard InChI is InChI=1S/C15H23.C4H6O7S.K/c1-2-3-4-5-6-7-9-12-15-13-10-8-11-14-15;5-3(6)1-2(4(7)8)12(9,10)11;/h8,10-11,13H,2-7,9,12H2,1H3;2H,1H2,(H,5,6)(H,7,8)(H,9,10,11);/q-1;;+1. The molecule has 0 spiro atoms. The van der Waals surface area contributed by atoms with Crippen LogP contribution >= 0.6 is 0 Å². The van der Waals surface area contributed by atoms with Crippen molar-refractivity contribution in [1.82, 2.24) is 0 Å². The van der Waals surface area contributed by atoms with Crippen molar-refractivity contribution < 1.29 is 84.2 Å². The van der Waals surface area contributed by atoms with Crippen LogP contribution < -0.4 is 51.4 Å². The summed E-state index contributed by atoms with van der Waals surface area (Å²) in [4.78, 5) is 20.0. The summed E-state index contributed by atoms with van der Waals surface area (Å²) in [6.45, 7) is 2.27. The summed E-state index contributed by atoms with van der Waals surface area (Å²) < 4.78 is 28.7. The van der Waals surface area contributed by atoms with Crippen LogP contribution in [0.3, 0.4) is 0 Å². The van der Waals surface area contributed by atoms with Crippen molar-refractivity contribution in [3.05, 3.63) is 35.9 Å². The van der Waals surface area contributed by atoms with Crippen LogP contribution in [0.5, 0.6) is 0 Å². The van der Waals surface area contributed by atoms with Gasteiger partial charge in [-0.1, -0.05) is 58.3 Å². The molecule has 0 aliphatic heterocycles. The van der Waals surface area contributed by atoms with Gasteiger partial charge in [-0.3, -0.25) is 14.1 Å². The molecule has 1 aromatic rings. The van der Waals surface area contributed by atoms with E-state index in [1.165, 1.54) is 56.9 Å². The van der Waals surface area contributed by atoms with Crippen molar-refractivity contribution >= 4 is 22.1 Å². The van der Waals surface area contributed by atoms with Crippen LogP contribution in [-0.2, 0) is 26.1 Å². The molecule has 154 valence electrons. The van der Waals surface area contributed by atoms with Crippen molar-refractivity contribution in [1.29, 1.82) is 0 Å². The Kier molecular flexibility index (Phi) is 18.7. The SMILES string of the molecule is CCCCCCCCCc1[c-]cccc1.O=C(O)CC(C(=O)O)S(=O)(=O)O.[K+]. The maximum absolute atomic E-state index is 10.2. The van der Waals surface area contributed by atoms with E-state index in [1.807, 2.05) is 12.1 Å². The summed E-state index contributed by atoms with van der Waals surface area (Å²) in [7, 11) is -4.84. The number of carboxylic acids is 2. The molecule has 28 heavy (non-hydrogen) atoms. The van der Waals surface area contributed by atoms with Crippen LogP contribution in [0.15, 0.2) is 24.3 Å². The van der Waals surface area contributed by atoms with E-state index in [2.05, 4.69) is 25.1 Å². The zero-order valence-corrected chi connectivity index (χ0v) is 20.6. The Bertz CT molecular complexity index is 648. The molecule has 0 aliphatic carbocycles. The van der Waals surface area contributed by atoms with E-state index in [-0.39, 0.29) is 51.4 Å². The predicted molar refractivity (Wildman–Crippen MR) is 102 cm³/mol. The fourth-order valence-electron chi connectivity index (χ4n) is 2.34. The van der Waals surface area contributed by atoms with Gasteiger partial charge in [-0.15, -0.1) is 0 Å². The number of aliphatic carboxylic acids is 2. The number of carboxylic acid groups (broad SMARTS) is 2. The van der Waals surface area contributed by atoms with Gasteiger partial charge in [0.05, 0.1) is 6.42 Å². The van der Waals surface area contributed by atoms with Crippen molar-refractivity contribution in [2.24, 2.45) is 0 Å². The molecule has 1 unspecified atom stereocenters. The average molecular weight is 441 g/mol. The average Bonchev–Trinajstić information content (AvgIpc) is 2.59. The van der Waals surface area contributed by atoms with Crippen LogP contribution in [0, 0.1) is 6.07 Å². The molecule has 0 aliphatic rings. The molecule has 1 aromatic carbocycles. The smallest absolute Gasteiger partial charge is 0.481 e. The molecule has 0 amide bonds. The second-order valence-corrected chi connectivity index (χ2v) is 7.80. The topological polar surface area (TPSA) is 129 Å². The first-order valence-electron chi connectivity index (χ1n) is 9.05. The maximum atomic E-state index is 10.2. The second kappa shape index (κ2) is 17.6. The largest absolute Gasteiger partial charge is 1.00 e. The zero-order valence-electron chi connectivity index (χ0n) is 16.6. The molecule has 0 fully saturated rings. The van der Waals surface area contributed by atoms with Gasteiger partial charge in [0.1, 0.15) is 0 Å². The summed E-state index contributed by atoms with van der Waals surface area (Å²) in [5.74, 6) is -3.50. The minimum Gasteiger partial charge on any atom is -0.481 e. The van der Waals surface area contributed by atoms with E-state index in [1.54, 1.807) is 0 Å². The molecule has 0 heterocycles. The first-order valence-corrected chi connectivity index (χ1v) is 10.5. The zero-order chi connectivity index (χ0) is 20.7. The molecular weight excluding hydrogens is 411 g/mol. The van der Waals surface area contributed by atoms with Crippen LogP contribution in [0.25, 0.3) is 0 Å². The Morgan fingerprint density at radius 2 is 1.61 bits per heavy atom. The van der Waals surface area contributed by atoms with Gasteiger partial charge in [0, 0.05) is 0 Å². The van der Waals surface area contributed by atoms with E-state index in [9.17, 15) is 18.0 Å². The minimum atomic E-state index is -4.84. The van der Waals surface area contributed by atoms with Crippen LogP contribution in [0.4, 0.5) is 0 Å². The summed E-state index contributed by atoms with van der Waals surface area (Å²) in [6.07, 6.45) is 9.76.